The maximum atomic E-state index is 10.5. The molecule has 16 heavy (non-hydrogen) atoms. The van der Waals surface area contributed by atoms with Gasteiger partial charge in [0.25, 0.3) is 0 Å². The zero-order valence-electron chi connectivity index (χ0n) is 10.6. The summed E-state index contributed by atoms with van der Waals surface area (Å²) in [6.07, 6.45) is 1.04. The fourth-order valence-electron chi connectivity index (χ4n) is 2.41. The summed E-state index contributed by atoms with van der Waals surface area (Å²) >= 11 is 0. The van der Waals surface area contributed by atoms with Gasteiger partial charge in [-0.1, -0.05) is 6.92 Å². The van der Waals surface area contributed by atoms with Crippen LogP contribution < -0.4 is 0 Å². The van der Waals surface area contributed by atoms with E-state index in [2.05, 4.69) is 30.6 Å². The summed E-state index contributed by atoms with van der Waals surface area (Å²) in [5, 5.41) is 8.67. The number of nitrogens with zero attached hydrogens (tertiary/aromatic N) is 2. The van der Waals surface area contributed by atoms with Crippen LogP contribution in [0.1, 0.15) is 33.6 Å². The first-order valence-corrected chi connectivity index (χ1v) is 6.24. The van der Waals surface area contributed by atoms with Crippen LogP contribution in [0.5, 0.6) is 0 Å². The lowest BCUT2D eigenvalue weighted by molar-refractivity contribution is -0.137. The van der Waals surface area contributed by atoms with E-state index in [1.807, 2.05) is 0 Å². The van der Waals surface area contributed by atoms with Gasteiger partial charge in [0.05, 0.1) is 0 Å². The van der Waals surface area contributed by atoms with E-state index in [1.165, 1.54) is 0 Å². The normalized spacial score (nSPS) is 25.6. The molecule has 1 heterocycles. The van der Waals surface area contributed by atoms with Crippen molar-refractivity contribution < 1.29 is 9.90 Å². The van der Waals surface area contributed by atoms with Crippen LogP contribution in [0.15, 0.2) is 0 Å². The van der Waals surface area contributed by atoms with Crippen LogP contribution in [0.2, 0.25) is 0 Å². The smallest absolute Gasteiger partial charge is 0.303 e. The Kier molecular flexibility index (Phi) is 5.22. The van der Waals surface area contributed by atoms with Crippen LogP contribution in [0.25, 0.3) is 0 Å². The van der Waals surface area contributed by atoms with Crippen molar-refractivity contribution in [2.75, 3.05) is 26.2 Å². The molecule has 0 spiro atoms. The molecule has 4 heteroatoms. The van der Waals surface area contributed by atoms with E-state index in [1.54, 1.807) is 0 Å². The first kappa shape index (κ1) is 13.5. The standard InChI is InChI=1S/C12H24N2O2/c1-4-13-7-8-14(9-11(13)3)10(2)5-6-12(15)16/h10-11H,4-9H2,1-3H3,(H,15,16). The van der Waals surface area contributed by atoms with E-state index >= 15 is 0 Å². The van der Waals surface area contributed by atoms with Gasteiger partial charge in [-0.15, -0.1) is 0 Å². The average molecular weight is 228 g/mol. The molecule has 0 aromatic rings. The summed E-state index contributed by atoms with van der Waals surface area (Å²) in [7, 11) is 0. The number of rotatable bonds is 5. The Hall–Kier alpha value is -0.610. The fourth-order valence-corrected chi connectivity index (χ4v) is 2.41. The van der Waals surface area contributed by atoms with E-state index in [0.29, 0.717) is 12.1 Å². The first-order chi connectivity index (χ1) is 7.54. The summed E-state index contributed by atoms with van der Waals surface area (Å²) in [6, 6.07) is 0.976. The van der Waals surface area contributed by atoms with Gasteiger partial charge in [0.2, 0.25) is 0 Å². The van der Waals surface area contributed by atoms with Crippen molar-refractivity contribution in [2.45, 2.75) is 45.7 Å². The quantitative estimate of drug-likeness (QED) is 0.769. The molecule has 2 unspecified atom stereocenters. The van der Waals surface area contributed by atoms with Crippen molar-refractivity contribution in [1.82, 2.24) is 9.80 Å². The number of aliphatic carboxylic acids is 1. The van der Waals surface area contributed by atoms with Gasteiger partial charge in [0.15, 0.2) is 0 Å². The van der Waals surface area contributed by atoms with Crippen molar-refractivity contribution in [3.63, 3.8) is 0 Å². The van der Waals surface area contributed by atoms with Gasteiger partial charge in [-0.05, 0) is 26.8 Å². The van der Waals surface area contributed by atoms with Crippen molar-refractivity contribution in [3.8, 4) is 0 Å². The summed E-state index contributed by atoms with van der Waals surface area (Å²) in [5.41, 5.74) is 0. The van der Waals surface area contributed by atoms with E-state index in [0.717, 1.165) is 32.6 Å². The number of carbonyl (C=O) groups is 1. The van der Waals surface area contributed by atoms with Gasteiger partial charge in [-0.2, -0.15) is 0 Å². The number of hydrogen-bond acceptors (Lipinski definition) is 3. The molecular formula is C12H24N2O2. The second kappa shape index (κ2) is 6.21. The molecule has 4 nitrogen and oxygen atoms in total. The Balaban J connectivity index is 2.35. The largest absolute Gasteiger partial charge is 0.481 e. The van der Waals surface area contributed by atoms with Crippen molar-refractivity contribution >= 4 is 5.97 Å². The summed E-state index contributed by atoms with van der Waals surface area (Å²) < 4.78 is 0. The van der Waals surface area contributed by atoms with E-state index in [9.17, 15) is 4.79 Å². The Morgan fingerprint density at radius 3 is 2.69 bits per heavy atom. The summed E-state index contributed by atoms with van der Waals surface area (Å²) in [4.78, 5) is 15.4. The molecule has 1 fully saturated rings. The molecule has 0 radical (unpaired) electrons. The highest BCUT2D eigenvalue weighted by Crippen LogP contribution is 2.14. The molecule has 0 amide bonds. The SMILES string of the molecule is CCN1CCN(C(C)CCC(=O)O)CC1C. The van der Waals surface area contributed by atoms with Gasteiger partial charge in [-0.3, -0.25) is 14.6 Å². The second-order valence-electron chi connectivity index (χ2n) is 4.75. The Bertz CT molecular complexity index is 233. The number of carboxylic acid groups (broad SMARTS) is 1. The Morgan fingerprint density at radius 2 is 2.19 bits per heavy atom. The molecule has 0 aromatic carbocycles. The molecule has 0 aromatic heterocycles. The molecular weight excluding hydrogens is 204 g/mol. The number of carboxylic acids is 1. The lowest BCUT2D eigenvalue weighted by atomic mass is 10.1. The maximum Gasteiger partial charge on any atom is 0.303 e. The highest BCUT2D eigenvalue weighted by atomic mass is 16.4. The minimum absolute atomic E-state index is 0.281. The minimum Gasteiger partial charge on any atom is -0.481 e. The Morgan fingerprint density at radius 1 is 1.50 bits per heavy atom. The van der Waals surface area contributed by atoms with Crippen LogP contribution in [0.4, 0.5) is 0 Å². The molecule has 1 aliphatic rings. The summed E-state index contributed by atoms with van der Waals surface area (Å²) in [5.74, 6) is -0.688. The van der Waals surface area contributed by atoms with Gasteiger partial charge in [-0.25, -0.2) is 0 Å². The van der Waals surface area contributed by atoms with E-state index in [-0.39, 0.29) is 6.42 Å². The highest BCUT2D eigenvalue weighted by molar-refractivity contribution is 5.66. The van der Waals surface area contributed by atoms with Crippen LogP contribution in [-0.4, -0.2) is 59.1 Å². The maximum absolute atomic E-state index is 10.5. The molecule has 1 saturated heterocycles. The van der Waals surface area contributed by atoms with E-state index in [4.69, 9.17) is 5.11 Å². The van der Waals surface area contributed by atoms with Crippen LogP contribution in [0.3, 0.4) is 0 Å². The zero-order chi connectivity index (χ0) is 12.1. The van der Waals surface area contributed by atoms with Crippen LogP contribution in [0, 0.1) is 0 Å². The summed E-state index contributed by atoms with van der Waals surface area (Å²) in [6.45, 7) is 10.9. The minimum atomic E-state index is -0.688. The highest BCUT2D eigenvalue weighted by Gasteiger charge is 2.25. The monoisotopic (exact) mass is 228 g/mol. The molecule has 0 bridgehead atoms. The Labute approximate surface area is 98.2 Å². The third kappa shape index (κ3) is 3.76. The fraction of sp³-hybridized carbons (Fsp3) is 0.917. The lowest BCUT2D eigenvalue weighted by Gasteiger charge is -2.42. The van der Waals surface area contributed by atoms with Crippen molar-refractivity contribution in [1.29, 1.82) is 0 Å². The topological polar surface area (TPSA) is 43.8 Å². The zero-order valence-corrected chi connectivity index (χ0v) is 10.6. The predicted octanol–water partition coefficient (Wildman–Crippen LogP) is 1.27. The molecule has 0 saturated carbocycles. The lowest BCUT2D eigenvalue weighted by Crippen LogP contribution is -2.54. The van der Waals surface area contributed by atoms with Crippen LogP contribution in [-0.2, 0) is 4.79 Å². The van der Waals surface area contributed by atoms with Gasteiger partial charge in [0.1, 0.15) is 0 Å². The van der Waals surface area contributed by atoms with Gasteiger partial charge >= 0.3 is 5.97 Å². The molecule has 1 aliphatic heterocycles. The van der Waals surface area contributed by atoms with Crippen LogP contribution >= 0.6 is 0 Å². The average Bonchev–Trinajstić information content (AvgIpc) is 2.25. The number of piperazine rings is 1. The first-order valence-electron chi connectivity index (χ1n) is 6.24. The van der Waals surface area contributed by atoms with Gasteiger partial charge < -0.3 is 5.11 Å². The molecule has 1 rings (SSSR count). The van der Waals surface area contributed by atoms with Gasteiger partial charge in [0, 0.05) is 38.1 Å². The number of likely N-dealkylation sites (N-methyl/N-ethyl adjacent to an activating group) is 1. The molecule has 94 valence electrons. The van der Waals surface area contributed by atoms with E-state index < -0.39 is 5.97 Å². The third-order valence-corrected chi connectivity index (χ3v) is 3.60. The molecule has 2 atom stereocenters. The van der Waals surface area contributed by atoms with Crippen molar-refractivity contribution in [2.24, 2.45) is 0 Å². The molecule has 1 N–H and O–H groups in total. The molecule has 0 aliphatic carbocycles. The number of hydrogen-bond donors (Lipinski definition) is 1. The predicted molar refractivity (Wildman–Crippen MR) is 64.6 cm³/mol. The third-order valence-electron chi connectivity index (χ3n) is 3.60. The second-order valence-corrected chi connectivity index (χ2v) is 4.75. The van der Waals surface area contributed by atoms with Crippen molar-refractivity contribution in [3.05, 3.63) is 0 Å².